The van der Waals surface area contributed by atoms with Gasteiger partial charge in [-0.25, -0.2) is 4.39 Å². The van der Waals surface area contributed by atoms with Crippen LogP contribution in [0.4, 0.5) is 4.39 Å². The average molecular weight is 307 g/mol. The summed E-state index contributed by atoms with van der Waals surface area (Å²) < 4.78 is 13.9. The standard InChI is InChI=1S/C19H24ClF/c1-10-3-16(4-11(2)19(10)21)18(20)17-14-6-12-5-13(8-14)9-15(17)7-12/h3-4,12-15,17-18H,5-9H2,1-2H3. The molecule has 114 valence electrons. The minimum Gasteiger partial charge on any atom is -0.206 e. The quantitative estimate of drug-likeness (QED) is 0.606. The summed E-state index contributed by atoms with van der Waals surface area (Å²) in [5, 5.41) is 0.0676. The number of rotatable bonds is 2. The summed E-state index contributed by atoms with van der Waals surface area (Å²) in [6, 6.07) is 3.95. The van der Waals surface area contributed by atoms with Crippen molar-refractivity contribution in [2.75, 3.05) is 0 Å². The lowest BCUT2D eigenvalue weighted by atomic mass is 9.51. The van der Waals surface area contributed by atoms with E-state index in [1.54, 1.807) is 0 Å². The van der Waals surface area contributed by atoms with Gasteiger partial charge in [-0.3, -0.25) is 0 Å². The Morgan fingerprint density at radius 3 is 1.90 bits per heavy atom. The van der Waals surface area contributed by atoms with Crippen LogP contribution in [0.2, 0.25) is 0 Å². The van der Waals surface area contributed by atoms with Crippen LogP contribution in [-0.2, 0) is 0 Å². The molecule has 1 aromatic rings. The minimum absolute atomic E-state index is 0.0676. The molecule has 4 bridgehead atoms. The van der Waals surface area contributed by atoms with E-state index < -0.39 is 0 Å². The number of benzene rings is 1. The van der Waals surface area contributed by atoms with Crippen LogP contribution in [0.5, 0.6) is 0 Å². The molecule has 4 saturated carbocycles. The van der Waals surface area contributed by atoms with Gasteiger partial charge in [0, 0.05) is 0 Å². The van der Waals surface area contributed by atoms with E-state index in [-0.39, 0.29) is 11.2 Å². The molecule has 1 unspecified atom stereocenters. The van der Waals surface area contributed by atoms with Crippen molar-refractivity contribution in [1.82, 2.24) is 0 Å². The van der Waals surface area contributed by atoms with Crippen LogP contribution in [0, 0.1) is 49.3 Å². The van der Waals surface area contributed by atoms with Gasteiger partial charge in [-0.1, -0.05) is 12.1 Å². The fourth-order valence-electron chi connectivity index (χ4n) is 5.81. The first-order chi connectivity index (χ1) is 10.0. The molecule has 0 spiro atoms. The Kier molecular flexibility index (Phi) is 3.33. The van der Waals surface area contributed by atoms with Crippen molar-refractivity contribution >= 4 is 11.6 Å². The lowest BCUT2D eigenvalue weighted by molar-refractivity contribution is -0.0381. The minimum atomic E-state index is -0.0762. The largest absolute Gasteiger partial charge is 0.206 e. The van der Waals surface area contributed by atoms with Crippen molar-refractivity contribution in [1.29, 1.82) is 0 Å². The number of aryl methyl sites for hydroxylation is 2. The summed E-state index contributed by atoms with van der Waals surface area (Å²) >= 11 is 6.92. The third kappa shape index (κ3) is 2.23. The van der Waals surface area contributed by atoms with Crippen molar-refractivity contribution in [3.05, 3.63) is 34.6 Å². The molecule has 0 heterocycles. The predicted octanol–water partition coefficient (Wildman–Crippen LogP) is 5.79. The van der Waals surface area contributed by atoms with Crippen molar-refractivity contribution in [3.8, 4) is 0 Å². The second-order valence-electron chi connectivity index (χ2n) is 7.88. The van der Waals surface area contributed by atoms with Gasteiger partial charge >= 0.3 is 0 Å². The van der Waals surface area contributed by atoms with E-state index in [1.807, 2.05) is 26.0 Å². The Morgan fingerprint density at radius 1 is 0.952 bits per heavy atom. The van der Waals surface area contributed by atoms with Crippen LogP contribution >= 0.6 is 11.6 Å². The van der Waals surface area contributed by atoms with Crippen LogP contribution in [0.3, 0.4) is 0 Å². The van der Waals surface area contributed by atoms with Crippen molar-refractivity contribution in [2.24, 2.45) is 29.6 Å². The molecule has 1 aromatic carbocycles. The third-order valence-electron chi connectivity index (χ3n) is 6.41. The fraction of sp³-hybridized carbons (Fsp3) is 0.684. The molecule has 0 nitrogen and oxygen atoms in total. The molecule has 0 amide bonds. The highest BCUT2D eigenvalue weighted by Gasteiger charge is 2.50. The zero-order valence-electron chi connectivity index (χ0n) is 12.9. The van der Waals surface area contributed by atoms with Gasteiger partial charge in [0.1, 0.15) is 5.82 Å². The highest BCUT2D eigenvalue weighted by atomic mass is 35.5. The number of hydrogen-bond donors (Lipinski definition) is 0. The van der Waals surface area contributed by atoms with E-state index in [9.17, 15) is 4.39 Å². The van der Waals surface area contributed by atoms with Crippen LogP contribution in [0.1, 0.15) is 54.2 Å². The molecule has 1 atom stereocenters. The van der Waals surface area contributed by atoms with Crippen LogP contribution in [0.15, 0.2) is 12.1 Å². The van der Waals surface area contributed by atoms with Gasteiger partial charge in [-0.15, -0.1) is 11.6 Å². The third-order valence-corrected chi connectivity index (χ3v) is 6.96. The van der Waals surface area contributed by atoms with E-state index in [2.05, 4.69) is 0 Å². The summed E-state index contributed by atoms with van der Waals surface area (Å²) in [7, 11) is 0. The number of hydrogen-bond acceptors (Lipinski definition) is 0. The van der Waals surface area contributed by atoms with Gasteiger partial charge in [0.15, 0.2) is 0 Å². The van der Waals surface area contributed by atoms with Crippen molar-refractivity contribution in [2.45, 2.75) is 51.3 Å². The molecule has 4 aliphatic carbocycles. The Morgan fingerprint density at radius 2 is 1.43 bits per heavy atom. The first-order valence-corrected chi connectivity index (χ1v) is 8.87. The van der Waals surface area contributed by atoms with E-state index in [0.29, 0.717) is 5.92 Å². The molecular formula is C19H24ClF. The Labute approximate surface area is 132 Å². The molecular weight excluding hydrogens is 283 g/mol. The van der Waals surface area contributed by atoms with Crippen molar-refractivity contribution < 1.29 is 4.39 Å². The van der Waals surface area contributed by atoms with E-state index in [0.717, 1.165) is 40.4 Å². The maximum absolute atomic E-state index is 13.9. The fourth-order valence-corrected chi connectivity index (χ4v) is 6.34. The molecule has 0 aromatic heterocycles. The first-order valence-electron chi connectivity index (χ1n) is 8.43. The summed E-state index contributed by atoms with van der Waals surface area (Å²) in [6.07, 6.45) is 7.03. The van der Waals surface area contributed by atoms with Gasteiger partial charge in [-0.05, 0) is 92.2 Å². The molecule has 2 heteroatoms. The van der Waals surface area contributed by atoms with Gasteiger partial charge in [-0.2, -0.15) is 0 Å². The van der Waals surface area contributed by atoms with E-state index in [4.69, 9.17) is 11.6 Å². The highest BCUT2D eigenvalue weighted by Crippen LogP contribution is 2.60. The van der Waals surface area contributed by atoms with Crippen molar-refractivity contribution in [3.63, 3.8) is 0 Å². The molecule has 4 fully saturated rings. The van der Waals surface area contributed by atoms with Crippen LogP contribution in [-0.4, -0.2) is 0 Å². The van der Waals surface area contributed by atoms with Gasteiger partial charge in [0.2, 0.25) is 0 Å². The maximum Gasteiger partial charge on any atom is 0.129 e. The second-order valence-corrected chi connectivity index (χ2v) is 8.35. The van der Waals surface area contributed by atoms with E-state index >= 15 is 0 Å². The maximum atomic E-state index is 13.9. The summed E-state index contributed by atoms with van der Waals surface area (Å²) in [6.45, 7) is 3.71. The lowest BCUT2D eigenvalue weighted by Gasteiger charge is -2.55. The van der Waals surface area contributed by atoms with Crippen LogP contribution < -0.4 is 0 Å². The number of halogens is 2. The van der Waals surface area contributed by atoms with Gasteiger partial charge in [0.25, 0.3) is 0 Å². The molecule has 5 rings (SSSR count). The molecule has 0 aliphatic heterocycles. The van der Waals surface area contributed by atoms with Crippen LogP contribution in [0.25, 0.3) is 0 Å². The molecule has 0 N–H and O–H groups in total. The lowest BCUT2D eigenvalue weighted by Crippen LogP contribution is -2.46. The normalized spacial score (nSPS) is 38.8. The SMILES string of the molecule is Cc1cc(C(Cl)C2C3CC4CC(C3)CC2C4)cc(C)c1F. The monoisotopic (exact) mass is 306 g/mol. The topological polar surface area (TPSA) is 0 Å². The number of alkyl halides is 1. The zero-order valence-corrected chi connectivity index (χ0v) is 13.7. The smallest absolute Gasteiger partial charge is 0.129 e. The Bertz CT molecular complexity index is 514. The molecule has 4 aliphatic rings. The summed E-state index contributed by atoms with van der Waals surface area (Å²) in [4.78, 5) is 0. The van der Waals surface area contributed by atoms with Gasteiger partial charge < -0.3 is 0 Å². The molecule has 21 heavy (non-hydrogen) atoms. The summed E-state index contributed by atoms with van der Waals surface area (Å²) in [5.74, 6) is 4.12. The Balaban J connectivity index is 1.64. The first kappa shape index (κ1) is 14.1. The Hall–Kier alpha value is -0.560. The predicted molar refractivity (Wildman–Crippen MR) is 85.0 cm³/mol. The summed E-state index contributed by atoms with van der Waals surface area (Å²) in [5.41, 5.74) is 2.62. The van der Waals surface area contributed by atoms with Gasteiger partial charge in [0.05, 0.1) is 5.38 Å². The molecule has 0 saturated heterocycles. The zero-order chi connectivity index (χ0) is 14.7. The second kappa shape index (κ2) is 4.98. The highest BCUT2D eigenvalue weighted by molar-refractivity contribution is 6.21. The average Bonchev–Trinajstić information content (AvgIpc) is 2.42. The molecule has 0 radical (unpaired) electrons. The van der Waals surface area contributed by atoms with E-state index in [1.165, 1.54) is 32.1 Å².